The van der Waals surface area contributed by atoms with E-state index in [2.05, 4.69) is 13.2 Å². The maximum atomic E-state index is 12.0. The topological polar surface area (TPSA) is 65.1 Å². The van der Waals surface area contributed by atoms with E-state index in [1.807, 2.05) is 13.8 Å². The Hall–Kier alpha value is -1.66. The summed E-state index contributed by atoms with van der Waals surface area (Å²) >= 11 is 0. The lowest BCUT2D eigenvalue weighted by Gasteiger charge is -2.35. The summed E-state index contributed by atoms with van der Waals surface area (Å²) in [6, 6.07) is -0.448. The van der Waals surface area contributed by atoms with Crippen LogP contribution in [0.1, 0.15) is 27.7 Å². The summed E-state index contributed by atoms with van der Waals surface area (Å²) in [5, 5.41) is 0. The maximum Gasteiger partial charge on any atom is 0.302 e. The summed E-state index contributed by atoms with van der Waals surface area (Å²) in [4.78, 5) is 24.6. The van der Waals surface area contributed by atoms with Gasteiger partial charge in [-0.3, -0.25) is 9.59 Å². The first kappa shape index (κ1) is 18.4. The third-order valence-electron chi connectivity index (χ3n) is 3.33. The van der Waals surface area contributed by atoms with Gasteiger partial charge in [0.05, 0.1) is 12.6 Å². The predicted molar refractivity (Wildman–Crippen MR) is 82.0 cm³/mol. The van der Waals surface area contributed by atoms with E-state index >= 15 is 0 Å². The van der Waals surface area contributed by atoms with Crippen LogP contribution in [0.15, 0.2) is 24.8 Å². The molecule has 6 heteroatoms. The zero-order chi connectivity index (χ0) is 16.9. The molecule has 1 amide bonds. The van der Waals surface area contributed by atoms with Gasteiger partial charge in [0.2, 0.25) is 5.91 Å². The van der Waals surface area contributed by atoms with E-state index in [0.717, 1.165) is 0 Å². The molecule has 0 N–H and O–H groups in total. The lowest BCUT2D eigenvalue weighted by Crippen LogP contribution is -2.49. The van der Waals surface area contributed by atoms with Gasteiger partial charge in [0.1, 0.15) is 12.7 Å². The number of esters is 1. The molecule has 0 aromatic rings. The molecule has 0 saturated carbocycles. The van der Waals surface area contributed by atoms with Gasteiger partial charge in [-0.15, -0.1) is 6.58 Å². The molecule has 0 radical (unpaired) electrons. The zero-order valence-corrected chi connectivity index (χ0v) is 13.8. The molecule has 1 aliphatic rings. The molecule has 1 aliphatic heterocycles. The van der Waals surface area contributed by atoms with Gasteiger partial charge in [0.25, 0.3) is 0 Å². The minimum atomic E-state index is -0.721. The zero-order valence-electron chi connectivity index (χ0n) is 13.8. The van der Waals surface area contributed by atoms with Crippen LogP contribution in [-0.2, 0) is 23.8 Å². The minimum absolute atomic E-state index is 0.0290. The summed E-state index contributed by atoms with van der Waals surface area (Å²) in [7, 11) is 0. The van der Waals surface area contributed by atoms with Gasteiger partial charge in [0, 0.05) is 20.4 Å². The molecule has 1 fully saturated rings. The molecule has 1 heterocycles. The fourth-order valence-corrected chi connectivity index (χ4v) is 2.41. The van der Waals surface area contributed by atoms with Crippen molar-refractivity contribution in [1.82, 2.24) is 4.90 Å². The van der Waals surface area contributed by atoms with Crippen molar-refractivity contribution in [2.24, 2.45) is 0 Å². The van der Waals surface area contributed by atoms with E-state index in [0.29, 0.717) is 18.7 Å². The molecule has 0 bridgehead atoms. The SMILES string of the molecule is C=CCN(C(C)=O)[C@@H](C(=C)COC(C)=O)[C@H]1COC(C)(C)O1. The molecule has 22 heavy (non-hydrogen) atoms. The van der Waals surface area contributed by atoms with Crippen molar-refractivity contribution in [3.05, 3.63) is 24.8 Å². The Balaban J connectivity index is 2.98. The third kappa shape index (κ3) is 4.96. The Kier molecular flexibility index (Phi) is 6.32. The van der Waals surface area contributed by atoms with Crippen molar-refractivity contribution in [2.75, 3.05) is 19.8 Å². The molecular weight excluding hydrogens is 286 g/mol. The van der Waals surface area contributed by atoms with E-state index in [9.17, 15) is 9.59 Å². The molecule has 1 saturated heterocycles. The Bertz CT molecular complexity index is 457. The highest BCUT2D eigenvalue weighted by atomic mass is 16.7. The van der Waals surface area contributed by atoms with Crippen LogP contribution in [0.25, 0.3) is 0 Å². The summed E-state index contributed by atoms with van der Waals surface area (Å²) in [6.07, 6.45) is 1.26. The lowest BCUT2D eigenvalue weighted by molar-refractivity contribution is -0.151. The van der Waals surface area contributed by atoms with Gasteiger partial charge in [-0.1, -0.05) is 12.7 Å². The highest BCUT2D eigenvalue weighted by Gasteiger charge is 2.41. The summed E-state index contributed by atoms with van der Waals surface area (Å²) < 4.78 is 16.5. The summed E-state index contributed by atoms with van der Waals surface area (Å²) in [5.41, 5.74) is 0.582. The predicted octanol–water partition coefficient (Wildman–Crippen LogP) is 1.66. The molecule has 2 atom stereocenters. The first-order valence-electron chi connectivity index (χ1n) is 7.19. The maximum absolute atomic E-state index is 12.0. The van der Waals surface area contributed by atoms with Crippen LogP contribution < -0.4 is 0 Å². The molecule has 124 valence electrons. The standard InChI is InChI=1S/C16H25NO5/c1-7-8-17(12(3)18)15(11(2)9-20-13(4)19)14-10-21-16(5,6)22-14/h7,14-15H,1-2,8-10H2,3-6H3/t14-,15+/m1/s1. The molecule has 6 nitrogen and oxygen atoms in total. The average Bonchev–Trinajstić information content (AvgIpc) is 2.75. The second kappa shape index (κ2) is 7.56. The second-order valence-electron chi connectivity index (χ2n) is 5.71. The van der Waals surface area contributed by atoms with E-state index < -0.39 is 17.8 Å². The minimum Gasteiger partial charge on any atom is -0.461 e. The van der Waals surface area contributed by atoms with E-state index in [-0.39, 0.29) is 18.6 Å². The third-order valence-corrected chi connectivity index (χ3v) is 3.33. The van der Waals surface area contributed by atoms with Crippen LogP contribution in [0.3, 0.4) is 0 Å². The van der Waals surface area contributed by atoms with Crippen molar-refractivity contribution in [2.45, 2.75) is 45.6 Å². The van der Waals surface area contributed by atoms with Crippen LogP contribution >= 0.6 is 0 Å². The highest BCUT2D eigenvalue weighted by molar-refractivity contribution is 5.74. The van der Waals surface area contributed by atoms with Crippen molar-refractivity contribution >= 4 is 11.9 Å². The fourth-order valence-electron chi connectivity index (χ4n) is 2.41. The fraction of sp³-hybridized carbons (Fsp3) is 0.625. The summed E-state index contributed by atoms with van der Waals surface area (Å²) in [6.45, 7) is 14.8. The van der Waals surface area contributed by atoms with Crippen LogP contribution in [0, 0.1) is 0 Å². The number of hydrogen-bond donors (Lipinski definition) is 0. The number of hydrogen-bond acceptors (Lipinski definition) is 5. The molecule has 0 aliphatic carbocycles. The molecule has 0 aromatic heterocycles. The highest BCUT2D eigenvalue weighted by Crippen LogP contribution is 2.29. The molecule has 1 rings (SSSR count). The number of ether oxygens (including phenoxy) is 3. The van der Waals surface area contributed by atoms with Gasteiger partial charge < -0.3 is 19.1 Å². The van der Waals surface area contributed by atoms with Crippen LogP contribution in [0.2, 0.25) is 0 Å². The van der Waals surface area contributed by atoms with Gasteiger partial charge in [0.15, 0.2) is 5.79 Å². The Morgan fingerprint density at radius 2 is 2.09 bits per heavy atom. The van der Waals surface area contributed by atoms with Crippen molar-refractivity contribution in [3.63, 3.8) is 0 Å². The van der Waals surface area contributed by atoms with Gasteiger partial charge in [-0.2, -0.15) is 0 Å². The Morgan fingerprint density at radius 1 is 1.45 bits per heavy atom. The monoisotopic (exact) mass is 311 g/mol. The molecule has 0 spiro atoms. The normalized spacial score (nSPS) is 21.0. The lowest BCUT2D eigenvalue weighted by atomic mass is 10.0. The average molecular weight is 311 g/mol. The number of carbonyl (C=O) groups is 2. The first-order valence-corrected chi connectivity index (χ1v) is 7.19. The van der Waals surface area contributed by atoms with Crippen LogP contribution in [0.4, 0.5) is 0 Å². The molecule has 0 aromatic carbocycles. The van der Waals surface area contributed by atoms with Crippen LogP contribution in [0.5, 0.6) is 0 Å². The quantitative estimate of drug-likeness (QED) is 0.528. The first-order chi connectivity index (χ1) is 10.2. The van der Waals surface area contributed by atoms with Gasteiger partial charge in [-0.05, 0) is 19.4 Å². The van der Waals surface area contributed by atoms with Crippen molar-refractivity contribution < 1.29 is 23.8 Å². The van der Waals surface area contributed by atoms with Crippen LogP contribution in [-0.4, -0.2) is 54.5 Å². The largest absolute Gasteiger partial charge is 0.461 e. The van der Waals surface area contributed by atoms with Gasteiger partial charge >= 0.3 is 5.97 Å². The summed E-state index contributed by atoms with van der Waals surface area (Å²) in [5.74, 6) is -1.26. The number of carbonyl (C=O) groups excluding carboxylic acids is 2. The van der Waals surface area contributed by atoms with E-state index in [1.165, 1.54) is 13.8 Å². The smallest absolute Gasteiger partial charge is 0.302 e. The number of rotatable bonds is 7. The second-order valence-corrected chi connectivity index (χ2v) is 5.71. The number of amides is 1. The van der Waals surface area contributed by atoms with Crippen molar-refractivity contribution in [1.29, 1.82) is 0 Å². The number of nitrogens with zero attached hydrogens (tertiary/aromatic N) is 1. The van der Waals surface area contributed by atoms with Crippen molar-refractivity contribution in [3.8, 4) is 0 Å². The molecule has 0 unspecified atom stereocenters. The van der Waals surface area contributed by atoms with E-state index in [4.69, 9.17) is 14.2 Å². The Morgan fingerprint density at radius 3 is 2.50 bits per heavy atom. The molecular formula is C16H25NO5. The van der Waals surface area contributed by atoms with Gasteiger partial charge in [-0.25, -0.2) is 0 Å². The van der Waals surface area contributed by atoms with E-state index in [1.54, 1.807) is 11.0 Å². The Labute approximate surface area is 131 Å².